The van der Waals surface area contributed by atoms with E-state index in [1.54, 1.807) is 4.90 Å². The fourth-order valence-electron chi connectivity index (χ4n) is 2.75. The summed E-state index contributed by atoms with van der Waals surface area (Å²) in [6.07, 6.45) is 0. The summed E-state index contributed by atoms with van der Waals surface area (Å²) in [6.45, 7) is 11.2. The van der Waals surface area contributed by atoms with E-state index in [9.17, 15) is 9.59 Å². The summed E-state index contributed by atoms with van der Waals surface area (Å²) in [7, 11) is 0. The van der Waals surface area contributed by atoms with Crippen LogP contribution in [0, 0.1) is 17.8 Å². The molecule has 0 radical (unpaired) electrons. The van der Waals surface area contributed by atoms with Crippen molar-refractivity contribution in [3.05, 3.63) is 22.4 Å². The minimum atomic E-state index is -0.0265. The summed E-state index contributed by atoms with van der Waals surface area (Å²) in [6, 6.07) is 3.72. The first kappa shape index (κ1) is 17.0. The Morgan fingerprint density at radius 1 is 1.23 bits per heavy atom. The minimum Gasteiger partial charge on any atom is -0.342 e. The minimum absolute atomic E-state index is 0.0265. The van der Waals surface area contributed by atoms with Crippen LogP contribution in [-0.2, 0) is 4.79 Å². The highest BCUT2D eigenvalue weighted by Crippen LogP contribution is 2.23. The third kappa shape index (κ3) is 4.09. The Kier molecular flexibility index (Phi) is 5.62. The molecule has 0 bridgehead atoms. The fourth-order valence-corrected chi connectivity index (χ4v) is 3.44. The summed E-state index contributed by atoms with van der Waals surface area (Å²) in [5.41, 5.74) is 0. The van der Waals surface area contributed by atoms with Gasteiger partial charge >= 0.3 is 0 Å². The molecule has 0 unspecified atom stereocenters. The number of rotatable bonds is 6. The first-order valence-electron chi connectivity index (χ1n) is 8.00. The molecule has 2 rings (SSSR count). The van der Waals surface area contributed by atoms with Crippen LogP contribution in [0.15, 0.2) is 17.5 Å². The lowest BCUT2D eigenvalue weighted by atomic mass is 9.97. The van der Waals surface area contributed by atoms with Crippen molar-refractivity contribution in [3.63, 3.8) is 0 Å². The molecule has 0 atom stereocenters. The Bertz CT molecular complexity index is 495. The Hall–Kier alpha value is -1.36. The summed E-state index contributed by atoms with van der Waals surface area (Å²) in [5.74, 6) is 1.16. The van der Waals surface area contributed by atoms with Gasteiger partial charge in [0, 0.05) is 26.2 Å². The number of amides is 2. The Balaban J connectivity index is 1.89. The van der Waals surface area contributed by atoms with E-state index in [0.717, 1.165) is 18.0 Å². The van der Waals surface area contributed by atoms with Crippen LogP contribution in [0.2, 0.25) is 0 Å². The monoisotopic (exact) mass is 322 g/mol. The molecule has 2 heterocycles. The Labute approximate surface area is 137 Å². The molecule has 0 N–H and O–H groups in total. The topological polar surface area (TPSA) is 40.6 Å². The quantitative estimate of drug-likeness (QED) is 0.808. The van der Waals surface area contributed by atoms with E-state index in [1.165, 1.54) is 11.3 Å². The van der Waals surface area contributed by atoms with Crippen LogP contribution in [0.25, 0.3) is 0 Å². The van der Waals surface area contributed by atoms with Crippen LogP contribution in [0.1, 0.15) is 37.4 Å². The summed E-state index contributed by atoms with van der Waals surface area (Å²) < 4.78 is 0. The van der Waals surface area contributed by atoms with Gasteiger partial charge in [-0.05, 0) is 23.3 Å². The molecule has 0 saturated carbocycles. The normalized spacial score (nSPS) is 15.3. The van der Waals surface area contributed by atoms with Gasteiger partial charge in [-0.15, -0.1) is 11.3 Å². The molecule has 1 saturated heterocycles. The van der Waals surface area contributed by atoms with Gasteiger partial charge in [0.15, 0.2) is 0 Å². The zero-order chi connectivity index (χ0) is 16.3. The number of carbonyl (C=O) groups excluding carboxylic acids is 2. The largest absolute Gasteiger partial charge is 0.342 e. The standard InChI is InChI=1S/C17H26N2O2S/c1-12(2)8-18(9-13(3)4)16(20)14-10-19(11-14)17(21)15-6-5-7-22-15/h5-7,12-14H,8-11H2,1-4H3. The van der Waals surface area contributed by atoms with Gasteiger partial charge in [-0.1, -0.05) is 33.8 Å². The Morgan fingerprint density at radius 3 is 2.27 bits per heavy atom. The molecule has 1 aromatic rings. The molecule has 1 aliphatic heterocycles. The number of thiophene rings is 1. The van der Waals surface area contributed by atoms with E-state index in [-0.39, 0.29) is 17.7 Å². The molecule has 0 aromatic carbocycles. The first-order chi connectivity index (χ1) is 10.4. The molecule has 0 spiro atoms. The molecular formula is C17H26N2O2S. The van der Waals surface area contributed by atoms with Gasteiger partial charge in [0.1, 0.15) is 0 Å². The second-order valence-electron chi connectivity index (χ2n) is 6.92. The van der Waals surface area contributed by atoms with E-state index < -0.39 is 0 Å². The molecule has 1 aromatic heterocycles. The smallest absolute Gasteiger partial charge is 0.263 e. The third-order valence-corrected chi connectivity index (χ3v) is 4.59. The van der Waals surface area contributed by atoms with Crippen LogP contribution in [0.5, 0.6) is 0 Å². The third-order valence-electron chi connectivity index (χ3n) is 3.73. The number of likely N-dealkylation sites (tertiary alicyclic amines) is 1. The van der Waals surface area contributed by atoms with Crippen molar-refractivity contribution >= 4 is 23.2 Å². The van der Waals surface area contributed by atoms with E-state index in [2.05, 4.69) is 27.7 Å². The second-order valence-corrected chi connectivity index (χ2v) is 7.86. The van der Waals surface area contributed by atoms with Gasteiger partial charge in [0.05, 0.1) is 10.8 Å². The predicted molar refractivity (Wildman–Crippen MR) is 90.0 cm³/mol. The number of nitrogens with zero attached hydrogens (tertiary/aromatic N) is 2. The van der Waals surface area contributed by atoms with Crippen molar-refractivity contribution < 1.29 is 9.59 Å². The van der Waals surface area contributed by atoms with Crippen LogP contribution < -0.4 is 0 Å². The maximum absolute atomic E-state index is 12.6. The molecule has 22 heavy (non-hydrogen) atoms. The zero-order valence-corrected chi connectivity index (χ0v) is 14.7. The summed E-state index contributed by atoms with van der Waals surface area (Å²) >= 11 is 1.45. The van der Waals surface area contributed by atoms with Gasteiger partial charge in [-0.2, -0.15) is 0 Å². The average Bonchev–Trinajstić information content (AvgIpc) is 2.88. The van der Waals surface area contributed by atoms with Crippen molar-refractivity contribution in [2.45, 2.75) is 27.7 Å². The number of hydrogen-bond acceptors (Lipinski definition) is 3. The van der Waals surface area contributed by atoms with Crippen LogP contribution in [0.4, 0.5) is 0 Å². The Morgan fingerprint density at radius 2 is 1.82 bits per heavy atom. The first-order valence-corrected chi connectivity index (χ1v) is 8.88. The van der Waals surface area contributed by atoms with Gasteiger partial charge < -0.3 is 9.80 Å². The van der Waals surface area contributed by atoms with Crippen LogP contribution in [0.3, 0.4) is 0 Å². The highest BCUT2D eigenvalue weighted by atomic mass is 32.1. The maximum atomic E-state index is 12.6. The highest BCUT2D eigenvalue weighted by Gasteiger charge is 2.38. The van der Waals surface area contributed by atoms with E-state index in [4.69, 9.17) is 0 Å². The molecule has 0 aliphatic carbocycles. The molecule has 5 heteroatoms. The van der Waals surface area contributed by atoms with Crippen molar-refractivity contribution in [2.24, 2.45) is 17.8 Å². The summed E-state index contributed by atoms with van der Waals surface area (Å²) in [5, 5.41) is 1.91. The predicted octanol–water partition coefficient (Wildman–Crippen LogP) is 2.96. The average molecular weight is 322 g/mol. The van der Waals surface area contributed by atoms with Crippen LogP contribution in [-0.4, -0.2) is 47.8 Å². The highest BCUT2D eigenvalue weighted by molar-refractivity contribution is 7.12. The molecule has 122 valence electrons. The molecule has 1 fully saturated rings. The second kappa shape index (κ2) is 7.27. The van der Waals surface area contributed by atoms with Gasteiger partial charge in [-0.3, -0.25) is 9.59 Å². The summed E-state index contributed by atoms with van der Waals surface area (Å²) in [4.78, 5) is 29.3. The number of hydrogen-bond donors (Lipinski definition) is 0. The van der Waals surface area contributed by atoms with Gasteiger partial charge in [0.2, 0.25) is 5.91 Å². The lowest BCUT2D eigenvalue weighted by Crippen LogP contribution is -2.57. The maximum Gasteiger partial charge on any atom is 0.263 e. The molecule has 2 amide bonds. The fraction of sp³-hybridized carbons (Fsp3) is 0.647. The molecule has 1 aliphatic rings. The SMILES string of the molecule is CC(C)CN(CC(C)C)C(=O)C1CN(C(=O)c2cccs2)C1. The van der Waals surface area contributed by atoms with E-state index in [0.29, 0.717) is 24.9 Å². The van der Waals surface area contributed by atoms with Gasteiger partial charge in [0.25, 0.3) is 5.91 Å². The van der Waals surface area contributed by atoms with E-state index >= 15 is 0 Å². The van der Waals surface area contributed by atoms with Crippen molar-refractivity contribution in [3.8, 4) is 0 Å². The molecular weight excluding hydrogens is 296 g/mol. The number of carbonyl (C=O) groups is 2. The van der Waals surface area contributed by atoms with Crippen molar-refractivity contribution in [2.75, 3.05) is 26.2 Å². The van der Waals surface area contributed by atoms with Crippen molar-refractivity contribution in [1.29, 1.82) is 0 Å². The zero-order valence-electron chi connectivity index (χ0n) is 13.9. The van der Waals surface area contributed by atoms with Gasteiger partial charge in [-0.25, -0.2) is 0 Å². The van der Waals surface area contributed by atoms with E-state index in [1.807, 2.05) is 22.4 Å². The van der Waals surface area contributed by atoms with Crippen LogP contribution >= 0.6 is 11.3 Å². The molecule has 4 nitrogen and oxygen atoms in total. The lowest BCUT2D eigenvalue weighted by Gasteiger charge is -2.41. The van der Waals surface area contributed by atoms with Crippen molar-refractivity contribution in [1.82, 2.24) is 9.80 Å². The lowest BCUT2D eigenvalue weighted by molar-refractivity contribution is -0.140.